The lowest BCUT2D eigenvalue weighted by Gasteiger charge is -2.04. The minimum Gasteiger partial charge on any atom is -0.384 e. The van der Waals surface area contributed by atoms with Gasteiger partial charge in [0.05, 0.1) is 0 Å². The van der Waals surface area contributed by atoms with Gasteiger partial charge in [-0.25, -0.2) is 0 Å². The molecule has 0 saturated heterocycles. The topological polar surface area (TPSA) is 12.0 Å². The highest BCUT2D eigenvalue weighted by molar-refractivity contribution is 5.61. The molecular weight excluding hydrogens is 158 g/mol. The van der Waals surface area contributed by atoms with Crippen molar-refractivity contribution in [2.75, 3.05) is 11.9 Å². The van der Waals surface area contributed by atoms with E-state index in [9.17, 15) is 0 Å². The molecule has 0 radical (unpaired) electrons. The van der Waals surface area contributed by atoms with Crippen LogP contribution in [0, 0.1) is 13.8 Å². The van der Waals surface area contributed by atoms with Crippen LogP contribution in [0.3, 0.4) is 0 Å². The molecule has 1 heteroatoms. The molecule has 0 saturated carbocycles. The van der Waals surface area contributed by atoms with Gasteiger partial charge in [0.25, 0.3) is 0 Å². The van der Waals surface area contributed by atoms with E-state index < -0.39 is 0 Å². The summed E-state index contributed by atoms with van der Waals surface area (Å²) in [6.45, 7) is 9.44. The fraction of sp³-hybridized carbons (Fsp3) is 0.500. The summed E-state index contributed by atoms with van der Waals surface area (Å²) in [5, 5.41) is 3.40. The van der Waals surface area contributed by atoms with Crippen molar-refractivity contribution < 1.29 is 0 Å². The van der Waals surface area contributed by atoms with E-state index in [2.05, 4.69) is 31.3 Å². The maximum absolute atomic E-state index is 3.40. The lowest BCUT2D eigenvalue weighted by atomic mass is 10.1. The molecular formula is C12H19N. The smallest absolute Gasteiger partial charge is 0.0403 e. The van der Waals surface area contributed by atoms with Gasteiger partial charge in [-0.1, -0.05) is 31.5 Å². The number of aryl methyl sites for hydroxylation is 2. The van der Waals surface area contributed by atoms with E-state index >= 15 is 0 Å². The molecule has 1 aromatic rings. The second-order valence-electron chi connectivity index (χ2n) is 3.29. The molecule has 0 bridgehead atoms. The normalized spacial score (nSPS) is 12.6. The molecule has 1 aliphatic heterocycles. The first-order valence-electron chi connectivity index (χ1n) is 5.11. The Balaban J connectivity index is 0.000000396. The molecule has 13 heavy (non-hydrogen) atoms. The van der Waals surface area contributed by atoms with Crippen molar-refractivity contribution in [1.29, 1.82) is 0 Å². The maximum atomic E-state index is 3.40. The minimum absolute atomic E-state index is 1.11. The van der Waals surface area contributed by atoms with Crippen molar-refractivity contribution in [1.82, 2.24) is 0 Å². The predicted octanol–water partition coefficient (Wildman–Crippen LogP) is 3.30. The van der Waals surface area contributed by atoms with Gasteiger partial charge in [-0.05, 0) is 31.4 Å². The highest BCUT2D eigenvalue weighted by atomic mass is 14.9. The van der Waals surface area contributed by atoms with Crippen LogP contribution < -0.4 is 5.32 Å². The Hall–Kier alpha value is -0.980. The molecule has 0 amide bonds. The van der Waals surface area contributed by atoms with Crippen molar-refractivity contribution >= 4 is 5.69 Å². The van der Waals surface area contributed by atoms with Gasteiger partial charge in [0.2, 0.25) is 0 Å². The first kappa shape index (κ1) is 10.1. The second kappa shape index (κ2) is 4.31. The van der Waals surface area contributed by atoms with Gasteiger partial charge in [-0.3, -0.25) is 0 Å². The fourth-order valence-corrected chi connectivity index (χ4v) is 1.83. The van der Waals surface area contributed by atoms with Crippen LogP contribution in [0.2, 0.25) is 0 Å². The van der Waals surface area contributed by atoms with Crippen molar-refractivity contribution in [2.24, 2.45) is 0 Å². The van der Waals surface area contributed by atoms with Gasteiger partial charge in [-0.15, -0.1) is 0 Å². The molecule has 1 aromatic carbocycles. The van der Waals surface area contributed by atoms with Gasteiger partial charge < -0.3 is 5.32 Å². The van der Waals surface area contributed by atoms with Crippen molar-refractivity contribution in [2.45, 2.75) is 34.1 Å². The molecule has 1 aliphatic rings. The highest BCUT2D eigenvalue weighted by Gasteiger charge is 2.11. The van der Waals surface area contributed by atoms with E-state index in [1.165, 1.54) is 28.8 Å². The third-order valence-corrected chi connectivity index (χ3v) is 2.26. The molecule has 0 fully saturated rings. The third kappa shape index (κ3) is 2.03. The summed E-state index contributed by atoms with van der Waals surface area (Å²) < 4.78 is 0. The van der Waals surface area contributed by atoms with E-state index in [1.54, 1.807) is 0 Å². The molecule has 72 valence electrons. The molecule has 0 unspecified atom stereocenters. The van der Waals surface area contributed by atoms with E-state index in [-0.39, 0.29) is 0 Å². The number of anilines is 1. The van der Waals surface area contributed by atoms with Gasteiger partial charge in [0.1, 0.15) is 0 Å². The lowest BCUT2D eigenvalue weighted by molar-refractivity contribution is 1.10. The number of hydrogen-bond donors (Lipinski definition) is 1. The monoisotopic (exact) mass is 177 g/mol. The standard InChI is InChI=1S/C10H13N.C2H6/c1-7-5-8(2)10-9(6-7)3-4-11-10;1-2/h5-6,11H,3-4H2,1-2H3;1-2H3. The van der Waals surface area contributed by atoms with E-state index in [1.807, 2.05) is 13.8 Å². The Bertz CT molecular complexity index is 289. The highest BCUT2D eigenvalue weighted by Crippen LogP contribution is 2.26. The quantitative estimate of drug-likeness (QED) is 0.641. The largest absolute Gasteiger partial charge is 0.384 e. The van der Waals surface area contributed by atoms with Gasteiger partial charge >= 0.3 is 0 Å². The second-order valence-corrected chi connectivity index (χ2v) is 3.29. The third-order valence-electron chi connectivity index (χ3n) is 2.26. The Labute approximate surface area is 81.2 Å². The fourth-order valence-electron chi connectivity index (χ4n) is 1.83. The van der Waals surface area contributed by atoms with Crippen molar-refractivity contribution in [3.05, 3.63) is 28.8 Å². The van der Waals surface area contributed by atoms with Crippen LogP contribution in [-0.4, -0.2) is 6.54 Å². The van der Waals surface area contributed by atoms with Gasteiger partial charge in [-0.2, -0.15) is 0 Å². The summed E-state index contributed by atoms with van der Waals surface area (Å²) in [5.74, 6) is 0. The van der Waals surface area contributed by atoms with Crippen LogP contribution >= 0.6 is 0 Å². The zero-order valence-electron chi connectivity index (χ0n) is 9.07. The van der Waals surface area contributed by atoms with E-state index in [0.717, 1.165) is 6.54 Å². The molecule has 0 atom stereocenters. The summed E-state index contributed by atoms with van der Waals surface area (Å²) in [4.78, 5) is 0. The number of rotatable bonds is 0. The number of hydrogen-bond acceptors (Lipinski definition) is 1. The zero-order chi connectivity index (χ0) is 9.84. The van der Waals surface area contributed by atoms with Crippen LogP contribution in [0.4, 0.5) is 5.69 Å². The Morgan fingerprint density at radius 3 is 2.54 bits per heavy atom. The van der Waals surface area contributed by atoms with Gasteiger partial charge in [0, 0.05) is 12.2 Å². The Kier molecular flexibility index (Phi) is 3.35. The number of benzene rings is 1. The predicted molar refractivity (Wildman–Crippen MR) is 59.5 cm³/mol. The lowest BCUT2D eigenvalue weighted by Crippen LogP contribution is -1.92. The number of nitrogens with one attached hydrogen (secondary N) is 1. The Morgan fingerprint density at radius 1 is 1.15 bits per heavy atom. The SMILES string of the molecule is CC.Cc1cc(C)c2c(c1)CCN2. The maximum Gasteiger partial charge on any atom is 0.0403 e. The van der Waals surface area contributed by atoms with Crippen LogP contribution in [0.1, 0.15) is 30.5 Å². The van der Waals surface area contributed by atoms with Crippen LogP contribution in [0.5, 0.6) is 0 Å². The summed E-state index contributed by atoms with van der Waals surface area (Å²) in [6, 6.07) is 4.51. The van der Waals surface area contributed by atoms with Crippen LogP contribution in [0.25, 0.3) is 0 Å². The van der Waals surface area contributed by atoms with Crippen LogP contribution in [-0.2, 0) is 6.42 Å². The van der Waals surface area contributed by atoms with Crippen LogP contribution in [0.15, 0.2) is 12.1 Å². The first-order chi connectivity index (χ1) is 6.27. The molecule has 0 aromatic heterocycles. The average Bonchev–Trinajstić information content (AvgIpc) is 2.55. The summed E-state index contributed by atoms with van der Waals surface area (Å²) >= 11 is 0. The summed E-state index contributed by atoms with van der Waals surface area (Å²) in [5.41, 5.74) is 5.63. The molecule has 1 heterocycles. The summed E-state index contributed by atoms with van der Waals surface area (Å²) in [6.07, 6.45) is 1.19. The van der Waals surface area contributed by atoms with E-state index in [4.69, 9.17) is 0 Å². The van der Waals surface area contributed by atoms with E-state index in [0.29, 0.717) is 0 Å². The molecule has 0 aliphatic carbocycles. The Morgan fingerprint density at radius 2 is 1.85 bits per heavy atom. The van der Waals surface area contributed by atoms with Gasteiger partial charge in [0.15, 0.2) is 0 Å². The molecule has 2 rings (SSSR count). The zero-order valence-corrected chi connectivity index (χ0v) is 9.07. The first-order valence-corrected chi connectivity index (χ1v) is 5.11. The average molecular weight is 177 g/mol. The molecule has 1 nitrogen and oxygen atoms in total. The number of fused-ring (bicyclic) bond motifs is 1. The van der Waals surface area contributed by atoms with Crippen molar-refractivity contribution in [3.63, 3.8) is 0 Å². The molecule has 1 N–H and O–H groups in total. The molecule has 0 spiro atoms. The summed E-state index contributed by atoms with van der Waals surface area (Å²) in [7, 11) is 0. The van der Waals surface area contributed by atoms with Crippen molar-refractivity contribution in [3.8, 4) is 0 Å². The minimum atomic E-state index is 1.11.